The molecule has 0 aromatic rings. The van der Waals surface area contributed by atoms with Crippen LogP contribution < -0.4 is 5.32 Å². The van der Waals surface area contributed by atoms with Crippen molar-refractivity contribution in [1.82, 2.24) is 15.1 Å². The first-order valence-corrected chi connectivity index (χ1v) is 7.45. The Labute approximate surface area is 112 Å². The maximum atomic E-state index is 5.87. The van der Waals surface area contributed by atoms with Gasteiger partial charge in [-0.25, -0.2) is 0 Å². The zero-order valence-corrected chi connectivity index (χ0v) is 12.2. The zero-order chi connectivity index (χ0) is 13.0. The molecule has 0 amide bonds. The second-order valence-corrected chi connectivity index (χ2v) is 6.08. The van der Waals surface area contributed by atoms with Gasteiger partial charge in [0.1, 0.15) is 0 Å². The highest BCUT2D eigenvalue weighted by molar-refractivity contribution is 4.84. The first-order valence-electron chi connectivity index (χ1n) is 7.45. The number of piperazine rings is 1. The molecule has 0 aromatic heterocycles. The van der Waals surface area contributed by atoms with Crippen LogP contribution in [0.5, 0.6) is 0 Å². The fraction of sp³-hybridized carbons (Fsp3) is 1.00. The summed E-state index contributed by atoms with van der Waals surface area (Å²) in [7, 11) is 0. The van der Waals surface area contributed by atoms with Crippen LogP contribution >= 0.6 is 0 Å². The molecule has 0 aliphatic carbocycles. The minimum Gasteiger partial charge on any atom is -0.374 e. The van der Waals surface area contributed by atoms with Crippen LogP contribution in [0.25, 0.3) is 0 Å². The predicted octanol–water partition coefficient (Wildman–Crippen LogP) is 0.637. The molecule has 2 rings (SSSR count). The van der Waals surface area contributed by atoms with Crippen molar-refractivity contribution in [2.75, 3.05) is 52.4 Å². The van der Waals surface area contributed by atoms with Crippen molar-refractivity contribution in [2.45, 2.75) is 32.9 Å². The van der Waals surface area contributed by atoms with E-state index in [2.05, 4.69) is 35.9 Å². The van der Waals surface area contributed by atoms with E-state index < -0.39 is 0 Å². The number of hydrogen-bond acceptors (Lipinski definition) is 4. The Balaban J connectivity index is 1.74. The van der Waals surface area contributed by atoms with Crippen molar-refractivity contribution in [1.29, 1.82) is 0 Å². The quantitative estimate of drug-likeness (QED) is 0.798. The second-order valence-electron chi connectivity index (χ2n) is 6.08. The monoisotopic (exact) mass is 255 g/mol. The molecule has 0 saturated carbocycles. The second kappa shape index (κ2) is 6.85. The van der Waals surface area contributed by atoms with Crippen molar-refractivity contribution in [3.8, 4) is 0 Å². The van der Waals surface area contributed by atoms with Crippen LogP contribution in [0.1, 0.15) is 20.8 Å². The van der Waals surface area contributed by atoms with Crippen LogP contribution in [0.2, 0.25) is 0 Å². The highest BCUT2D eigenvalue weighted by atomic mass is 16.5. The van der Waals surface area contributed by atoms with E-state index >= 15 is 0 Å². The zero-order valence-electron chi connectivity index (χ0n) is 12.2. The lowest BCUT2D eigenvalue weighted by Gasteiger charge is -2.42. The third kappa shape index (κ3) is 3.92. The highest BCUT2D eigenvalue weighted by Crippen LogP contribution is 2.13. The minimum absolute atomic E-state index is 0.371. The molecule has 2 aliphatic heterocycles. The molecule has 1 N–H and O–H groups in total. The maximum Gasteiger partial charge on any atom is 0.0852 e. The lowest BCUT2D eigenvalue weighted by molar-refractivity contribution is -0.0375. The number of ether oxygens (including phenoxy) is 1. The number of hydrogen-bond donors (Lipinski definition) is 1. The van der Waals surface area contributed by atoms with Crippen molar-refractivity contribution in [3.05, 3.63) is 0 Å². The van der Waals surface area contributed by atoms with E-state index in [1.54, 1.807) is 0 Å². The van der Waals surface area contributed by atoms with E-state index in [-0.39, 0.29) is 0 Å². The molecule has 0 aromatic carbocycles. The van der Waals surface area contributed by atoms with Crippen LogP contribution in [0.4, 0.5) is 0 Å². The first-order chi connectivity index (χ1) is 8.66. The molecule has 0 bridgehead atoms. The molecular weight excluding hydrogens is 226 g/mol. The molecule has 2 fully saturated rings. The van der Waals surface area contributed by atoms with E-state index in [0.29, 0.717) is 12.1 Å². The van der Waals surface area contributed by atoms with Gasteiger partial charge in [-0.2, -0.15) is 0 Å². The van der Waals surface area contributed by atoms with Gasteiger partial charge in [0, 0.05) is 51.9 Å². The summed E-state index contributed by atoms with van der Waals surface area (Å²) in [6.07, 6.45) is 0.371. The SMILES string of the molecule is CC(C)CN1CCN(C(C)C2CNCCO2)CC1. The summed E-state index contributed by atoms with van der Waals surface area (Å²) in [6, 6.07) is 0.541. The fourth-order valence-corrected chi connectivity index (χ4v) is 3.00. The Hall–Kier alpha value is -0.160. The van der Waals surface area contributed by atoms with Gasteiger partial charge in [0.2, 0.25) is 0 Å². The molecule has 2 aliphatic rings. The van der Waals surface area contributed by atoms with Crippen LogP contribution in [0.15, 0.2) is 0 Å². The van der Waals surface area contributed by atoms with Crippen LogP contribution in [0, 0.1) is 5.92 Å². The molecular formula is C14H29N3O. The van der Waals surface area contributed by atoms with Crippen LogP contribution in [-0.2, 0) is 4.74 Å². The van der Waals surface area contributed by atoms with Crippen LogP contribution in [0.3, 0.4) is 0 Å². The summed E-state index contributed by atoms with van der Waals surface area (Å²) in [6.45, 7) is 15.8. The Kier molecular flexibility index (Phi) is 5.42. The molecule has 18 heavy (non-hydrogen) atoms. The van der Waals surface area contributed by atoms with E-state index in [0.717, 1.165) is 25.6 Å². The summed E-state index contributed by atoms with van der Waals surface area (Å²) in [5.41, 5.74) is 0. The number of morpholine rings is 1. The van der Waals surface area contributed by atoms with E-state index in [1.165, 1.54) is 32.7 Å². The first kappa shape index (κ1) is 14.3. The highest BCUT2D eigenvalue weighted by Gasteiger charge is 2.28. The lowest BCUT2D eigenvalue weighted by Crippen LogP contribution is -2.56. The Bertz CT molecular complexity index is 233. The molecule has 0 spiro atoms. The van der Waals surface area contributed by atoms with E-state index in [1.807, 2.05) is 0 Å². The Morgan fingerprint density at radius 1 is 1.17 bits per heavy atom. The summed E-state index contributed by atoms with van der Waals surface area (Å²) < 4.78 is 5.87. The van der Waals surface area contributed by atoms with Gasteiger partial charge in [-0.15, -0.1) is 0 Å². The molecule has 2 heterocycles. The predicted molar refractivity (Wildman–Crippen MR) is 74.9 cm³/mol. The van der Waals surface area contributed by atoms with Gasteiger partial charge in [0.25, 0.3) is 0 Å². The van der Waals surface area contributed by atoms with Gasteiger partial charge >= 0.3 is 0 Å². The molecule has 106 valence electrons. The molecule has 4 heteroatoms. The van der Waals surface area contributed by atoms with E-state index in [9.17, 15) is 0 Å². The molecule has 2 atom stereocenters. The van der Waals surface area contributed by atoms with Gasteiger partial charge in [-0.1, -0.05) is 13.8 Å². The summed E-state index contributed by atoms with van der Waals surface area (Å²) in [5.74, 6) is 0.778. The summed E-state index contributed by atoms with van der Waals surface area (Å²) in [4.78, 5) is 5.18. The van der Waals surface area contributed by atoms with E-state index in [4.69, 9.17) is 4.74 Å². The van der Waals surface area contributed by atoms with Crippen molar-refractivity contribution >= 4 is 0 Å². The number of nitrogens with one attached hydrogen (secondary N) is 1. The van der Waals surface area contributed by atoms with Crippen LogP contribution in [-0.4, -0.2) is 74.4 Å². The van der Waals surface area contributed by atoms with Gasteiger partial charge in [0.05, 0.1) is 12.7 Å². The standard InChI is InChI=1S/C14H29N3O/c1-12(2)11-16-5-7-17(8-6-16)13(3)14-10-15-4-9-18-14/h12-15H,4-11H2,1-3H3. The van der Waals surface area contributed by atoms with Gasteiger partial charge in [0.15, 0.2) is 0 Å². The summed E-state index contributed by atoms with van der Waals surface area (Å²) in [5, 5.41) is 3.43. The number of nitrogens with zero attached hydrogens (tertiary/aromatic N) is 2. The van der Waals surface area contributed by atoms with Gasteiger partial charge in [-0.05, 0) is 12.8 Å². The molecule has 2 unspecified atom stereocenters. The molecule has 2 saturated heterocycles. The molecule has 4 nitrogen and oxygen atoms in total. The fourth-order valence-electron chi connectivity index (χ4n) is 3.00. The Morgan fingerprint density at radius 2 is 1.89 bits per heavy atom. The maximum absolute atomic E-state index is 5.87. The minimum atomic E-state index is 0.371. The third-order valence-electron chi connectivity index (χ3n) is 4.10. The van der Waals surface area contributed by atoms with Gasteiger partial charge in [-0.3, -0.25) is 4.90 Å². The molecule has 0 radical (unpaired) electrons. The van der Waals surface area contributed by atoms with Crippen molar-refractivity contribution < 1.29 is 4.74 Å². The Morgan fingerprint density at radius 3 is 2.44 bits per heavy atom. The average Bonchev–Trinajstić information content (AvgIpc) is 2.39. The topological polar surface area (TPSA) is 27.7 Å². The number of rotatable bonds is 4. The summed E-state index contributed by atoms with van der Waals surface area (Å²) >= 11 is 0. The smallest absolute Gasteiger partial charge is 0.0852 e. The average molecular weight is 255 g/mol. The lowest BCUT2D eigenvalue weighted by atomic mass is 10.1. The van der Waals surface area contributed by atoms with Crippen molar-refractivity contribution in [2.24, 2.45) is 5.92 Å². The third-order valence-corrected chi connectivity index (χ3v) is 4.10. The largest absolute Gasteiger partial charge is 0.374 e. The normalized spacial score (nSPS) is 29.7. The van der Waals surface area contributed by atoms with Crippen molar-refractivity contribution in [3.63, 3.8) is 0 Å². The van der Waals surface area contributed by atoms with Gasteiger partial charge < -0.3 is 15.0 Å².